The molecule has 0 amide bonds. The van der Waals surface area contributed by atoms with Crippen LogP contribution in [0.5, 0.6) is 0 Å². The molecule has 0 aromatic heterocycles. The summed E-state index contributed by atoms with van der Waals surface area (Å²) < 4.78 is 13.6. The molecule has 4 aromatic carbocycles. The van der Waals surface area contributed by atoms with Crippen LogP contribution >= 0.6 is 11.6 Å². The van der Waals surface area contributed by atoms with E-state index in [2.05, 4.69) is 12.1 Å². The summed E-state index contributed by atoms with van der Waals surface area (Å²) in [6, 6.07) is 31.4. The molecular formula is C30H22ClFN2O. The van der Waals surface area contributed by atoms with Gasteiger partial charge in [0.25, 0.3) is 0 Å². The number of carbonyl (C=O) groups excluding carboxylic acids is 1. The Bertz CT molecular complexity index is 1380. The topological polar surface area (TPSA) is 32.7 Å². The van der Waals surface area contributed by atoms with Crippen LogP contribution in [0.1, 0.15) is 39.5 Å². The molecule has 4 aromatic rings. The van der Waals surface area contributed by atoms with Crippen molar-refractivity contribution in [3.63, 3.8) is 0 Å². The predicted molar refractivity (Wildman–Crippen MR) is 140 cm³/mol. The van der Waals surface area contributed by atoms with Gasteiger partial charge in [0.15, 0.2) is 5.78 Å². The van der Waals surface area contributed by atoms with Crippen molar-refractivity contribution in [1.29, 1.82) is 0 Å². The molecule has 0 radical (unpaired) electrons. The molecule has 5 heteroatoms. The van der Waals surface area contributed by atoms with E-state index in [0.29, 0.717) is 17.0 Å². The predicted octanol–water partition coefficient (Wildman–Crippen LogP) is 7.73. The summed E-state index contributed by atoms with van der Waals surface area (Å²) in [6.45, 7) is 0. The van der Waals surface area contributed by atoms with E-state index in [1.807, 2.05) is 59.6 Å². The zero-order chi connectivity index (χ0) is 24.2. The largest absolute Gasteiger partial charge is 0.289 e. The van der Waals surface area contributed by atoms with E-state index in [4.69, 9.17) is 16.7 Å². The van der Waals surface area contributed by atoms with Crippen LogP contribution in [0, 0.1) is 5.82 Å². The highest BCUT2D eigenvalue weighted by Crippen LogP contribution is 2.36. The second-order valence-corrected chi connectivity index (χ2v) is 8.76. The minimum atomic E-state index is -0.258. The van der Waals surface area contributed by atoms with Crippen molar-refractivity contribution in [3.8, 4) is 0 Å². The number of benzene rings is 4. The number of halogens is 2. The maximum Gasteiger partial charge on any atom is 0.185 e. The van der Waals surface area contributed by atoms with Gasteiger partial charge in [-0.3, -0.25) is 9.80 Å². The lowest BCUT2D eigenvalue weighted by atomic mass is 9.98. The molecule has 0 fully saturated rings. The Balaban J connectivity index is 1.39. The van der Waals surface area contributed by atoms with Gasteiger partial charge in [0.05, 0.1) is 17.4 Å². The zero-order valence-electron chi connectivity index (χ0n) is 18.8. The van der Waals surface area contributed by atoms with Crippen molar-refractivity contribution in [2.24, 2.45) is 5.10 Å². The summed E-state index contributed by atoms with van der Waals surface area (Å²) >= 11 is 5.90. The van der Waals surface area contributed by atoms with Gasteiger partial charge in [-0.05, 0) is 71.3 Å². The Labute approximate surface area is 208 Å². The molecule has 3 nitrogen and oxygen atoms in total. The summed E-state index contributed by atoms with van der Waals surface area (Å²) in [5.41, 5.74) is 5.47. The van der Waals surface area contributed by atoms with E-state index in [1.54, 1.807) is 36.4 Å². The molecule has 0 aliphatic carbocycles. The molecule has 1 aliphatic heterocycles. The second kappa shape index (κ2) is 10.1. The number of carbonyl (C=O) groups is 1. The van der Waals surface area contributed by atoms with Crippen LogP contribution in [0.2, 0.25) is 5.02 Å². The fourth-order valence-electron chi connectivity index (χ4n) is 4.12. The smallest absolute Gasteiger partial charge is 0.185 e. The average Bonchev–Trinajstić information content (AvgIpc) is 3.34. The van der Waals surface area contributed by atoms with Gasteiger partial charge in [-0.1, -0.05) is 72.3 Å². The molecule has 1 unspecified atom stereocenters. The van der Waals surface area contributed by atoms with E-state index >= 15 is 0 Å². The summed E-state index contributed by atoms with van der Waals surface area (Å²) in [5, 5.41) is 7.52. The van der Waals surface area contributed by atoms with Crippen LogP contribution in [0.15, 0.2) is 114 Å². The maximum absolute atomic E-state index is 13.6. The van der Waals surface area contributed by atoms with Gasteiger partial charge in [0, 0.05) is 17.0 Å². The number of hydrogen-bond acceptors (Lipinski definition) is 3. The van der Waals surface area contributed by atoms with Crippen LogP contribution < -0.4 is 5.01 Å². The summed E-state index contributed by atoms with van der Waals surface area (Å²) in [4.78, 5) is 12.4. The lowest BCUT2D eigenvalue weighted by molar-refractivity contribution is 0.104. The Kier molecular flexibility index (Phi) is 6.55. The standard InChI is InChI=1S/C30H22ClFN2O/c31-25-13-9-24(10-14-25)30(35)19-8-21-6-17-27(18-7-21)34-29(23-11-15-26(32)16-12-23)20-28(33-34)22-4-2-1-3-5-22/h1-19,29H,20H2. The normalized spacial score (nSPS) is 15.4. The number of hydrazone groups is 1. The molecule has 172 valence electrons. The number of rotatable bonds is 6. The van der Waals surface area contributed by atoms with Crippen molar-refractivity contribution in [3.05, 3.63) is 142 Å². The number of nitrogens with zero attached hydrogens (tertiary/aromatic N) is 2. The first-order valence-corrected chi connectivity index (χ1v) is 11.7. The molecule has 1 aliphatic rings. The van der Waals surface area contributed by atoms with Crippen LogP contribution in [0.4, 0.5) is 10.1 Å². The third kappa shape index (κ3) is 5.23. The highest BCUT2D eigenvalue weighted by Gasteiger charge is 2.29. The molecule has 5 rings (SSSR count). The molecule has 0 bridgehead atoms. The van der Waals surface area contributed by atoms with Gasteiger partial charge in [0.1, 0.15) is 5.82 Å². The number of ketones is 1. The van der Waals surface area contributed by atoms with Gasteiger partial charge in [-0.25, -0.2) is 4.39 Å². The van der Waals surface area contributed by atoms with Crippen LogP contribution in [0.25, 0.3) is 6.08 Å². The van der Waals surface area contributed by atoms with E-state index in [9.17, 15) is 9.18 Å². The molecule has 0 spiro atoms. The van der Waals surface area contributed by atoms with Crippen LogP contribution in [-0.2, 0) is 0 Å². The SMILES string of the molecule is O=C(C=Cc1ccc(N2N=C(c3ccccc3)CC2c2ccc(F)cc2)cc1)c1ccc(Cl)cc1. The van der Waals surface area contributed by atoms with Gasteiger partial charge in [0.2, 0.25) is 0 Å². The average molecular weight is 481 g/mol. The molecule has 0 saturated carbocycles. The summed E-state index contributed by atoms with van der Waals surface area (Å²) in [7, 11) is 0. The monoisotopic (exact) mass is 480 g/mol. The van der Waals surface area contributed by atoms with Crippen molar-refractivity contribution in [2.45, 2.75) is 12.5 Å². The summed E-state index contributed by atoms with van der Waals surface area (Å²) in [5.74, 6) is -0.342. The molecule has 0 saturated heterocycles. The number of allylic oxidation sites excluding steroid dienone is 1. The molecule has 35 heavy (non-hydrogen) atoms. The molecule has 1 heterocycles. The number of anilines is 1. The molecular weight excluding hydrogens is 459 g/mol. The van der Waals surface area contributed by atoms with Crippen LogP contribution in [0.3, 0.4) is 0 Å². The Morgan fingerprint density at radius 3 is 2.26 bits per heavy atom. The van der Waals surface area contributed by atoms with E-state index in [-0.39, 0.29) is 17.6 Å². The third-order valence-electron chi connectivity index (χ3n) is 5.99. The Morgan fingerprint density at radius 2 is 1.57 bits per heavy atom. The zero-order valence-corrected chi connectivity index (χ0v) is 19.6. The highest BCUT2D eigenvalue weighted by molar-refractivity contribution is 6.30. The minimum Gasteiger partial charge on any atom is -0.289 e. The second-order valence-electron chi connectivity index (χ2n) is 8.32. The Hall–Kier alpha value is -4.02. The first-order chi connectivity index (χ1) is 17.1. The van der Waals surface area contributed by atoms with Gasteiger partial charge < -0.3 is 0 Å². The van der Waals surface area contributed by atoms with Gasteiger partial charge in [-0.2, -0.15) is 5.10 Å². The lowest BCUT2D eigenvalue weighted by Gasteiger charge is -2.24. The van der Waals surface area contributed by atoms with Crippen LogP contribution in [-0.4, -0.2) is 11.5 Å². The first-order valence-electron chi connectivity index (χ1n) is 11.3. The minimum absolute atomic E-state index is 0.0429. The maximum atomic E-state index is 13.6. The molecule has 0 N–H and O–H groups in total. The first kappa shape index (κ1) is 22.8. The van der Waals surface area contributed by atoms with E-state index in [0.717, 1.165) is 28.1 Å². The van der Waals surface area contributed by atoms with Crippen molar-refractivity contribution in [1.82, 2.24) is 0 Å². The lowest BCUT2D eigenvalue weighted by Crippen LogP contribution is -2.18. The summed E-state index contributed by atoms with van der Waals surface area (Å²) in [6.07, 6.45) is 4.06. The van der Waals surface area contributed by atoms with E-state index in [1.165, 1.54) is 12.1 Å². The third-order valence-corrected chi connectivity index (χ3v) is 6.24. The van der Waals surface area contributed by atoms with Crippen molar-refractivity contribution in [2.75, 3.05) is 5.01 Å². The highest BCUT2D eigenvalue weighted by atomic mass is 35.5. The quantitative estimate of drug-likeness (QED) is 0.209. The molecule has 1 atom stereocenters. The number of hydrogen-bond donors (Lipinski definition) is 0. The van der Waals surface area contributed by atoms with Crippen molar-refractivity contribution < 1.29 is 9.18 Å². The fraction of sp³-hybridized carbons (Fsp3) is 0.0667. The Morgan fingerprint density at radius 1 is 0.886 bits per heavy atom. The van der Waals surface area contributed by atoms with Crippen molar-refractivity contribution >= 4 is 34.9 Å². The van der Waals surface area contributed by atoms with Gasteiger partial charge >= 0.3 is 0 Å². The van der Waals surface area contributed by atoms with E-state index < -0.39 is 0 Å². The fourth-order valence-corrected chi connectivity index (χ4v) is 4.24. The van der Waals surface area contributed by atoms with Gasteiger partial charge in [-0.15, -0.1) is 0 Å².